The van der Waals surface area contributed by atoms with E-state index in [4.69, 9.17) is 5.11 Å². The van der Waals surface area contributed by atoms with Crippen LogP contribution in [0.4, 0.5) is 0 Å². The molecule has 4 nitrogen and oxygen atoms in total. The summed E-state index contributed by atoms with van der Waals surface area (Å²) in [5.41, 5.74) is 1.47. The maximum atomic E-state index is 11.9. The first kappa shape index (κ1) is 12.1. The molecule has 1 heterocycles. The van der Waals surface area contributed by atoms with Crippen LogP contribution in [0.3, 0.4) is 0 Å². The Balaban J connectivity index is 2.06. The van der Waals surface area contributed by atoms with Gasteiger partial charge in [0, 0.05) is 18.0 Å². The summed E-state index contributed by atoms with van der Waals surface area (Å²) in [5.74, 6) is -0.0294. The monoisotopic (exact) mass is 242 g/mol. The fourth-order valence-electron chi connectivity index (χ4n) is 1.61. The highest BCUT2D eigenvalue weighted by atomic mass is 16.3. The van der Waals surface area contributed by atoms with Gasteiger partial charge >= 0.3 is 0 Å². The number of phenols is 1. The number of nitrogens with one attached hydrogen (secondary N) is 1. The molecule has 92 valence electrons. The quantitative estimate of drug-likeness (QED) is 0.868. The third-order valence-corrected chi connectivity index (χ3v) is 2.66. The lowest BCUT2D eigenvalue weighted by atomic mass is 10.1. The van der Waals surface area contributed by atoms with Crippen molar-refractivity contribution in [1.82, 2.24) is 10.3 Å². The van der Waals surface area contributed by atoms with Gasteiger partial charge in [0.05, 0.1) is 6.04 Å². The van der Waals surface area contributed by atoms with Crippen LogP contribution in [0.5, 0.6) is 5.75 Å². The SMILES string of the molecule is CC(NC(=O)c1ccc(O)cc1)c1cccnc1. The van der Waals surface area contributed by atoms with E-state index in [-0.39, 0.29) is 17.7 Å². The lowest BCUT2D eigenvalue weighted by molar-refractivity contribution is 0.0940. The molecule has 2 rings (SSSR count). The maximum absolute atomic E-state index is 11.9. The standard InChI is InChI=1S/C14H14N2O2/c1-10(12-3-2-8-15-9-12)16-14(18)11-4-6-13(17)7-5-11/h2-10,17H,1H3,(H,16,18). The average molecular weight is 242 g/mol. The van der Waals surface area contributed by atoms with E-state index in [1.807, 2.05) is 19.1 Å². The molecule has 4 heteroatoms. The van der Waals surface area contributed by atoms with Crippen LogP contribution in [0.15, 0.2) is 48.8 Å². The maximum Gasteiger partial charge on any atom is 0.251 e. The van der Waals surface area contributed by atoms with Gasteiger partial charge in [0.2, 0.25) is 0 Å². The van der Waals surface area contributed by atoms with Crippen molar-refractivity contribution in [2.24, 2.45) is 0 Å². The molecule has 18 heavy (non-hydrogen) atoms. The van der Waals surface area contributed by atoms with E-state index in [9.17, 15) is 4.79 Å². The van der Waals surface area contributed by atoms with E-state index in [2.05, 4.69) is 10.3 Å². The van der Waals surface area contributed by atoms with Gasteiger partial charge in [-0.3, -0.25) is 9.78 Å². The number of phenolic OH excluding ortho intramolecular Hbond substituents is 1. The average Bonchev–Trinajstić information content (AvgIpc) is 2.40. The van der Waals surface area contributed by atoms with Crippen molar-refractivity contribution in [1.29, 1.82) is 0 Å². The fraction of sp³-hybridized carbons (Fsp3) is 0.143. The third-order valence-electron chi connectivity index (χ3n) is 2.66. The zero-order valence-electron chi connectivity index (χ0n) is 10.00. The predicted molar refractivity (Wildman–Crippen MR) is 68.2 cm³/mol. The van der Waals surface area contributed by atoms with Crippen molar-refractivity contribution in [3.05, 3.63) is 59.9 Å². The molecule has 0 aliphatic heterocycles. The van der Waals surface area contributed by atoms with E-state index in [1.54, 1.807) is 24.5 Å². The topological polar surface area (TPSA) is 62.2 Å². The number of rotatable bonds is 3. The van der Waals surface area contributed by atoms with Crippen LogP contribution in [0.25, 0.3) is 0 Å². The molecule has 1 aromatic heterocycles. The molecule has 1 atom stereocenters. The zero-order valence-corrected chi connectivity index (χ0v) is 10.00. The van der Waals surface area contributed by atoms with Crippen molar-refractivity contribution in [3.8, 4) is 5.75 Å². The Hall–Kier alpha value is -2.36. The molecule has 0 saturated heterocycles. The summed E-state index contributed by atoms with van der Waals surface area (Å²) in [6.07, 6.45) is 3.42. The van der Waals surface area contributed by atoms with Crippen LogP contribution >= 0.6 is 0 Å². The van der Waals surface area contributed by atoms with Gasteiger partial charge in [-0.25, -0.2) is 0 Å². The Kier molecular flexibility index (Phi) is 3.57. The lowest BCUT2D eigenvalue weighted by Crippen LogP contribution is -2.26. The minimum absolute atomic E-state index is 0.111. The summed E-state index contributed by atoms with van der Waals surface area (Å²) < 4.78 is 0. The van der Waals surface area contributed by atoms with Gasteiger partial charge in [0.15, 0.2) is 0 Å². The zero-order chi connectivity index (χ0) is 13.0. The van der Waals surface area contributed by atoms with Crippen molar-refractivity contribution < 1.29 is 9.90 Å². The van der Waals surface area contributed by atoms with E-state index >= 15 is 0 Å². The van der Waals surface area contributed by atoms with Crippen molar-refractivity contribution in [2.45, 2.75) is 13.0 Å². The Morgan fingerprint density at radius 3 is 2.61 bits per heavy atom. The number of aromatic hydroxyl groups is 1. The van der Waals surface area contributed by atoms with Gasteiger partial charge in [-0.1, -0.05) is 6.07 Å². The van der Waals surface area contributed by atoms with E-state index in [0.29, 0.717) is 5.56 Å². The molecule has 0 radical (unpaired) electrons. The molecule has 2 N–H and O–H groups in total. The van der Waals surface area contributed by atoms with E-state index in [0.717, 1.165) is 5.56 Å². The second-order valence-electron chi connectivity index (χ2n) is 4.03. The second-order valence-corrected chi connectivity index (χ2v) is 4.03. The fourth-order valence-corrected chi connectivity index (χ4v) is 1.61. The summed E-state index contributed by atoms with van der Waals surface area (Å²) >= 11 is 0. The molecule has 2 aromatic rings. The Morgan fingerprint density at radius 1 is 1.28 bits per heavy atom. The first-order valence-corrected chi connectivity index (χ1v) is 5.66. The molecular formula is C14H14N2O2. The largest absolute Gasteiger partial charge is 0.508 e. The lowest BCUT2D eigenvalue weighted by Gasteiger charge is -2.13. The minimum atomic E-state index is -0.175. The number of carbonyl (C=O) groups is 1. The molecule has 0 saturated carbocycles. The van der Waals surface area contributed by atoms with Crippen LogP contribution in [0.1, 0.15) is 28.9 Å². The van der Waals surface area contributed by atoms with Crippen LogP contribution in [-0.2, 0) is 0 Å². The van der Waals surface area contributed by atoms with Crippen LogP contribution < -0.4 is 5.32 Å². The van der Waals surface area contributed by atoms with Gasteiger partial charge < -0.3 is 10.4 Å². The summed E-state index contributed by atoms with van der Waals surface area (Å²) in [6, 6.07) is 9.78. The number of hydrogen-bond donors (Lipinski definition) is 2. The molecule has 0 aliphatic rings. The highest BCUT2D eigenvalue weighted by molar-refractivity contribution is 5.94. The summed E-state index contributed by atoms with van der Waals surface area (Å²) in [4.78, 5) is 15.9. The number of amides is 1. The highest BCUT2D eigenvalue weighted by Gasteiger charge is 2.11. The molecular weight excluding hydrogens is 228 g/mol. The molecule has 1 aromatic carbocycles. The molecule has 0 aliphatic carbocycles. The first-order chi connectivity index (χ1) is 8.66. The smallest absolute Gasteiger partial charge is 0.251 e. The second kappa shape index (κ2) is 5.31. The first-order valence-electron chi connectivity index (χ1n) is 5.66. The summed E-state index contributed by atoms with van der Waals surface area (Å²) in [6.45, 7) is 1.90. The van der Waals surface area contributed by atoms with Crippen LogP contribution in [0, 0.1) is 0 Å². The third kappa shape index (κ3) is 2.85. The predicted octanol–water partition coefficient (Wildman–Crippen LogP) is 2.28. The number of aromatic nitrogens is 1. The summed E-state index contributed by atoms with van der Waals surface area (Å²) in [7, 11) is 0. The van der Waals surface area contributed by atoms with Gasteiger partial charge in [-0.2, -0.15) is 0 Å². The number of hydrogen-bond acceptors (Lipinski definition) is 3. The normalized spacial score (nSPS) is 11.8. The number of pyridine rings is 1. The summed E-state index contributed by atoms with van der Waals surface area (Å²) in [5, 5.41) is 12.0. The van der Waals surface area contributed by atoms with Crippen molar-refractivity contribution in [3.63, 3.8) is 0 Å². The van der Waals surface area contributed by atoms with Crippen molar-refractivity contribution in [2.75, 3.05) is 0 Å². The minimum Gasteiger partial charge on any atom is -0.508 e. The Labute approximate surface area is 105 Å². The molecule has 0 fully saturated rings. The number of benzene rings is 1. The molecule has 1 unspecified atom stereocenters. The van der Waals surface area contributed by atoms with E-state index < -0.39 is 0 Å². The van der Waals surface area contributed by atoms with Gasteiger partial charge in [-0.15, -0.1) is 0 Å². The number of nitrogens with zero attached hydrogens (tertiary/aromatic N) is 1. The van der Waals surface area contributed by atoms with E-state index in [1.165, 1.54) is 12.1 Å². The van der Waals surface area contributed by atoms with Gasteiger partial charge in [-0.05, 0) is 42.8 Å². The van der Waals surface area contributed by atoms with Crippen LogP contribution in [0.2, 0.25) is 0 Å². The van der Waals surface area contributed by atoms with Gasteiger partial charge in [0.25, 0.3) is 5.91 Å². The number of carbonyl (C=O) groups excluding carboxylic acids is 1. The Morgan fingerprint density at radius 2 is 2.00 bits per heavy atom. The highest BCUT2D eigenvalue weighted by Crippen LogP contribution is 2.13. The molecule has 0 bridgehead atoms. The molecule has 1 amide bonds. The molecule has 0 spiro atoms. The van der Waals surface area contributed by atoms with Crippen molar-refractivity contribution >= 4 is 5.91 Å². The van der Waals surface area contributed by atoms with Crippen LogP contribution in [-0.4, -0.2) is 16.0 Å². The van der Waals surface area contributed by atoms with Gasteiger partial charge in [0.1, 0.15) is 5.75 Å². The Bertz CT molecular complexity index is 523.